The zero-order valence-electron chi connectivity index (χ0n) is 10.4. The van der Waals surface area contributed by atoms with Crippen molar-refractivity contribution in [1.29, 1.82) is 0 Å². The minimum absolute atomic E-state index is 0.0680. The molecule has 1 aliphatic rings. The summed E-state index contributed by atoms with van der Waals surface area (Å²) in [5.41, 5.74) is 0. The van der Waals surface area contributed by atoms with E-state index in [0.717, 1.165) is 0 Å². The van der Waals surface area contributed by atoms with Gasteiger partial charge in [-0.15, -0.1) is 0 Å². The Morgan fingerprint density at radius 3 is 2.75 bits per heavy atom. The second-order valence-corrected chi connectivity index (χ2v) is 4.43. The summed E-state index contributed by atoms with van der Waals surface area (Å²) in [6.45, 7) is 5.65. The van der Waals surface area contributed by atoms with E-state index >= 15 is 0 Å². The van der Waals surface area contributed by atoms with Crippen molar-refractivity contribution in [2.75, 3.05) is 19.7 Å². The van der Waals surface area contributed by atoms with Crippen LogP contribution in [0.3, 0.4) is 0 Å². The Labute approximate surface area is 98.1 Å². The summed E-state index contributed by atoms with van der Waals surface area (Å²) >= 11 is 0. The first kappa shape index (κ1) is 13.5. The molecular formula is C12H24N2O2. The van der Waals surface area contributed by atoms with E-state index in [1.54, 1.807) is 0 Å². The van der Waals surface area contributed by atoms with Gasteiger partial charge in [-0.2, -0.15) is 0 Å². The molecule has 0 aromatic carbocycles. The lowest BCUT2D eigenvalue weighted by molar-refractivity contribution is -0.121. The quantitative estimate of drug-likeness (QED) is 0.685. The molecule has 2 N–H and O–H groups in total. The van der Waals surface area contributed by atoms with Gasteiger partial charge in [-0.1, -0.05) is 12.8 Å². The van der Waals surface area contributed by atoms with Crippen LogP contribution in [-0.2, 0) is 9.53 Å². The van der Waals surface area contributed by atoms with Crippen LogP contribution in [0.15, 0.2) is 0 Å². The summed E-state index contributed by atoms with van der Waals surface area (Å²) in [5, 5.41) is 6.15. The molecule has 1 fully saturated rings. The Bertz CT molecular complexity index is 203. The van der Waals surface area contributed by atoms with Gasteiger partial charge < -0.3 is 15.4 Å². The van der Waals surface area contributed by atoms with E-state index < -0.39 is 0 Å². The van der Waals surface area contributed by atoms with E-state index in [4.69, 9.17) is 4.74 Å². The molecule has 1 atom stereocenters. The van der Waals surface area contributed by atoms with Gasteiger partial charge in [0.25, 0.3) is 0 Å². The van der Waals surface area contributed by atoms with Crippen LogP contribution >= 0.6 is 0 Å². The summed E-state index contributed by atoms with van der Waals surface area (Å²) in [7, 11) is 0. The summed E-state index contributed by atoms with van der Waals surface area (Å²) in [5.74, 6) is 0.0680. The third-order valence-corrected chi connectivity index (χ3v) is 2.94. The zero-order chi connectivity index (χ0) is 11.8. The molecular weight excluding hydrogens is 204 g/mol. The first-order valence-electron chi connectivity index (χ1n) is 6.34. The lowest BCUT2D eigenvalue weighted by atomic mass is 10.2. The Balaban J connectivity index is 2.01. The molecule has 16 heavy (non-hydrogen) atoms. The van der Waals surface area contributed by atoms with Crippen molar-refractivity contribution in [3.05, 3.63) is 0 Å². The van der Waals surface area contributed by atoms with Crippen molar-refractivity contribution in [2.45, 2.75) is 51.7 Å². The van der Waals surface area contributed by atoms with Crippen molar-refractivity contribution < 1.29 is 9.53 Å². The van der Waals surface area contributed by atoms with Gasteiger partial charge in [0.15, 0.2) is 0 Å². The first-order chi connectivity index (χ1) is 7.72. The molecule has 94 valence electrons. The molecule has 1 amide bonds. The van der Waals surface area contributed by atoms with Gasteiger partial charge in [-0.3, -0.25) is 4.79 Å². The van der Waals surface area contributed by atoms with Gasteiger partial charge in [0, 0.05) is 19.2 Å². The van der Waals surface area contributed by atoms with E-state index in [2.05, 4.69) is 10.6 Å². The number of hydrogen-bond acceptors (Lipinski definition) is 3. The molecule has 1 aliphatic carbocycles. The second kappa shape index (κ2) is 7.63. The molecule has 0 aliphatic heterocycles. The van der Waals surface area contributed by atoms with Gasteiger partial charge >= 0.3 is 0 Å². The number of amides is 1. The predicted molar refractivity (Wildman–Crippen MR) is 64.4 cm³/mol. The largest absolute Gasteiger partial charge is 0.377 e. The average molecular weight is 228 g/mol. The minimum atomic E-state index is 0.0680. The smallest absolute Gasteiger partial charge is 0.234 e. The Morgan fingerprint density at radius 2 is 2.12 bits per heavy atom. The molecule has 0 aromatic rings. The molecule has 0 bridgehead atoms. The number of ether oxygens (including phenoxy) is 1. The number of rotatable bonds is 7. The highest BCUT2D eigenvalue weighted by atomic mass is 16.5. The lowest BCUT2D eigenvalue weighted by Gasteiger charge is -2.14. The van der Waals surface area contributed by atoms with Crippen LogP contribution in [0.25, 0.3) is 0 Å². The van der Waals surface area contributed by atoms with Gasteiger partial charge in [-0.05, 0) is 26.7 Å². The second-order valence-electron chi connectivity index (χ2n) is 4.43. The third-order valence-electron chi connectivity index (χ3n) is 2.94. The maximum atomic E-state index is 11.5. The summed E-state index contributed by atoms with van der Waals surface area (Å²) in [6.07, 6.45) is 5.10. The van der Waals surface area contributed by atoms with Gasteiger partial charge in [0.1, 0.15) is 0 Å². The summed E-state index contributed by atoms with van der Waals surface area (Å²) in [6, 6.07) is 0.551. The Hall–Kier alpha value is -0.610. The lowest BCUT2D eigenvalue weighted by Crippen LogP contribution is -2.40. The van der Waals surface area contributed by atoms with Crippen molar-refractivity contribution in [3.8, 4) is 0 Å². The van der Waals surface area contributed by atoms with Crippen molar-refractivity contribution in [1.82, 2.24) is 10.6 Å². The van der Waals surface area contributed by atoms with Gasteiger partial charge in [-0.25, -0.2) is 0 Å². The molecule has 4 heteroatoms. The van der Waals surface area contributed by atoms with E-state index in [1.165, 1.54) is 25.7 Å². The Morgan fingerprint density at radius 1 is 1.44 bits per heavy atom. The summed E-state index contributed by atoms with van der Waals surface area (Å²) in [4.78, 5) is 11.5. The highest BCUT2D eigenvalue weighted by Gasteiger charge is 2.15. The van der Waals surface area contributed by atoms with Gasteiger partial charge in [0.2, 0.25) is 5.91 Å². The fraction of sp³-hybridized carbons (Fsp3) is 0.917. The summed E-state index contributed by atoms with van der Waals surface area (Å²) < 4.78 is 5.34. The van der Waals surface area contributed by atoms with E-state index in [-0.39, 0.29) is 12.0 Å². The number of hydrogen-bond donors (Lipinski definition) is 2. The van der Waals surface area contributed by atoms with E-state index in [1.807, 2.05) is 13.8 Å². The van der Waals surface area contributed by atoms with Crippen LogP contribution < -0.4 is 10.6 Å². The molecule has 1 unspecified atom stereocenters. The highest BCUT2D eigenvalue weighted by molar-refractivity contribution is 5.78. The molecule has 0 heterocycles. The normalized spacial score (nSPS) is 18.6. The topological polar surface area (TPSA) is 50.4 Å². The molecule has 1 rings (SSSR count). The maximum Gasteiger partial charge on any atom is 0.234 e. The zero-order valence-corrected chi connectivity index (χ0v) is 10.4. The molecule has 1 saturated carbocycles. The molecule has 0 spiro atoms. The van der Waals surface area contributed by atoms with Crippen molar-refractivity contribution in [2.24, 2.45) is 0 Å². The molecule has 0 aromatic heterocycles. The minimum Gasteiger partial charge on any atom is -0.377 e. The fourth-order valence-corrected chi connectivity index (χ4v) is 2.03. The molecule has 4 nitrogen and oxygen atoms in total. The van der Waals surface area contributed by atoms with E-state index in [0.29, 0.717) is 25.7 Å². The molecule has 0 saturated heterocycles. The average Bonchev–Trinajstić information content (AvgIpc) is 2.77. The van der Waals surface area contributed by atoms with Crippen molar-refractivity contribution in [3.63, 3.8) is 0 Å². The number of nitrogens with one attached hydrogen (secondary N) is 2. The van der Waals surface area contributed by atoms with Crippen molar-refractivity contribution >= 4 is 5.91 Å². The molecule has 0 radical (unpaired) electrons. The Kier molecular flexibility index (Phi) is 6.42. The van der Waals surface area contributed by atoms with Crippen LogP contribution in [-0.4, -0.2) is 37.7 Å². The van der Waals surface area contributed by atoms with Gasteiger partial charge in [0.05, 0.1) is 12.6 Å². The third kappa shape index (κ3) is 5.47. The van der Waals surface area contributed by atoms with Crippen LogP contribution in [0, 0.1) is 0 Å². The van der Waals surface area contributed by atoms with Crippen LogP contribution in [0.2, 0.25) is 0 Å². The van der Waals surface area contributed by atoms with Crippen LogP contribution in [0.1, 0.15) is 39.5 Å². The fourth-order valence-electron chi connectivity index (χ4n) is 2.03. The SMILES string of the molecule is CCOC(C)CNC(=O)CNC1CCCC1. The monoisotopic (exact) mass is 228 g/mol. The predicted octanol–water partition coefficient (Wildman–Crippen LogP) is 1.06. The van der Waals surface area contributed by atoms with Crippen LogP contribution in [0.4, 0.5) is 0 Å². The maximum absolute atomic E-state index is 11.5. The number of carbonyl (C=O) groups excluding carboxylic acids is 1. The van der Waals surface area contributed by atoms with E-state index in [9.17, 15) is 4.79 Å². The number of carbonyl (C=O) groups is 1. The first-order valence-corrected chi connectivity index (χ1v) is 6.34. The standard InChI is InChI=1S/C12H24N2O2/c1-3-16-10(2)8-14-12(15)9-13-11-6-4-5-7-11/h10-11,13H,3-9H2,1-2H3,(H,14,15). The highest BCUT2D eigenvalue weighted by Crippen LogP contribution is 2.17. The van der Waals surface area contributed by atoms with Crippen LogP contribution in [0.5, 0.6) is 0 Å².